The molecule has 0 aromatic heterocycles. The minimum atomic E-state index is -0.102. The lowest BCUT2D eigenvalue weighted by molar-refractivity contribution is -0.130. The van der Waals surface area contributed by atoms with Crippen molar-refractivity contribution in [3.8, 4) is 0 Å². The van der Waals surface area contributed by atoms with Crippen molar-refractivity contribution in [2.45, 2.75) is 13.5 Å². The van der Waals surface area contributed by atoms with Gasteiger partial charge in [0.15, 0.2) is 0 Å². The second-order valence-corrected chi connectivity index (χ2v) is 6.30. The molecule has 0 saturated carbocycles. The second-order valence-electron chi connectivity index (χ2n) is 6.30. The van der Waals surface area contributed by atoms with Crippen LogP contribution in [0.1, 0.15) is 22.8 Å². The van der Waals surface area contributed by atoms with Crippen LogP contribution < -0.4 is 5.32 Å². The minimum absolute atomic E-state index is 0.102. The highest BCUT2D eigenvalue weighted by molar-refractivity contribution is 6.04. The predicted octanol–water partition coefficient (Wildman–Crippen LogP) is 2.60. The average Bonchev–Trinajstić information content (AvgIpc) is 2.63. The normalized spacial score (nSPS) is 15.0. The lowest BCUT2D eigenvalue weighted by Gasteiger charge is -2.34. The molecule has 0 spiro atoms. The monoisotopic (exact) mass is 337 g/mol. The molecule has 1 aliphatic heterocycles. The molecule has 0 bridgehead atoms. The molecule has 2 aromatic carbocycles. The minimum Gasteiger partial charge on any atom is -0.340 e. The van der Waals surface area contributed by atoms with Gasteiger partial charge in [0, 0.05) is 50.9 Å². The third-order valence-electron chi connectivity index (χ3n) is 4.44. The van der Waals surface area contributed by atoms with Crippen LogP contribution in [0, 0.1) is 0 Å². The molecule has 0 radical (unpaired) electrons. The van der Waals surface area contributed by atoms with Gasteiger partial charge in [-0.15, -0.1) is 0 Å². The van der Waals surface area contributed by atoms with Crippen molar-refractivity contribution in [3.63, 3.8) is 0 Å². The number of nitrogens with one attached hydrogen (secondary N) is 1. The Balaban J connectivity index is 1.60. The van der Waals surface area contributed by atoms with E-state index in [9.17, 15) is 9.59 Å². The summed E-state index contributed by atoms with van der Waals surface area (Å²) in [4.78, 5) is 28.0. The zero-order chi connectivity index (χ0) is 17.6. The zero-order valence-corrected chi connectivity index (χ0v) is 14.4. The van der Waals surface area contributed by atoms with E-state index in [1.54, 1.807) is 6.92 Å². The van der Waals surface area contributed by atoms with E-state index in [1.807, 2.05) is 59.5 Å². The maximum absolute atomic E-state index is 12.4. The molecule has 5 nitrogen and oxygen atoms in total. The number of rotatable bonds is 4. The maximum Gasteiger partial charge on any atom is 0.255 e. The zero-order valence-electron chi connectivity index (χ0n) is 14.4. The Hall–Kier alpha value is -2.66. The van der Waals surface area contributed by atoms with Gasteiger partial charge in [0.25, 0.3) is 5.91 Å². The summed E-state index contributed by atoms with van der Waals surface area (Å²) in [6.07, 6.45) is 0. The van der Waals surface area contributed by atoms with Crippen molar-refractivity contribution in [1.29, 1.82) is 0 Å². The number of carbonyl (C=O) groups excluding carboxylic acids is 2. The Morgan fingerprint density at radius 3 is 2.36 bits per heavy atom. The van der Waals surface area contributed by atoms with Crippen LogP contribution in [0.3, 0.4) is 0 Å². The molecular formula is C20H23N3O2. The first-order chi connectivity index (χ1) is 12.1. The quantitative estimate of drug-likeness (QED) is 0.933. The molecule has 1 fully saturated rings. The van der Waals surface area contributed by atoms with Gasteiger partial charge in [-0.2, -0.15) is 0 Å². The first kappa shape index (κ1) is 17.2. The van der Waals surface area contributed by atoms with Crippen LogP contribution in [0.25, 0.3) is 0 Å². The highest BCUT2D eigenvalue weighted by Crippen LogP contribution is 2.13. The fourth-order valence-electron chi connectivity index (χ4n) is 3.01. The first-order valence-electron chi connectivity index (χ1n) is 8.55. The van der Waals surface area contributed by atoms with Gasteiger partial charge in [-0.25, -0.2) is 0 Å². The molecular weight excluding hydrogens is 314 g/mol. The molecule has 0 atom stereocenters. The number of nitrogens with zero attached hydrogens (tertiary/aromatic N) is 2. The molecule has 1 heterocycles. The third-order valence-corrected chi connectivity index (χ3v) is 4.44. The van der Waals surface area contributed by atoms with Crippen molar-refractivity contribution >= 4 is 17.5 Å². The number of piperazine rings is 1. The van der Waals surface area contributed by atoms with Crippen molar-refractivity contribution in [1.82, 2.24) is 9.80 Å². The summed E-state index contributed by atoms with van der Waals surface area (Å²) < 4.78 is 0. The summed E-state index contributed by atoms with van der Waals surface area (Å²) in [5, 5.41) is 2.91. The Morgan fingerprint density at radius 1 is 0.960 bits per heavy atom. The van der Waals surface area contributed by atoms with Gasteiger partial charge in [-0.3, -0.25) is 14.5 Å². The van der Waals surface area contributed by atoms with Gasteiger partial charge in [0.2, 0.25) is 5.91 Å². The molecule has 1 N–H and O–H groups in total. The summed E-state index contributed by atoms with van der Waals surface area (Å²) in [6.45, 7) is 5.66. The Morgan fingerprint density at radius 2 is 1.68 bits per heavy atom. The lowest BCUT2D eigenvalue weighted by atomic mass is 10.1. The van der Waals surface area contributed by atoms with Gasteiger partial charge < -0.3 is 10.2 Å². The fourth-order valence-corrected chi connectivity index (χ4v) is 3.01. The standard InChI is InChI=1S/C20H23N3O2/c1-16(24)23-12-10-22(11-13-23)15-17-6-5-7-18(14-17)20(25)21-19-8-3-2-4-9-19/h2-9,14H,10-13,15H2,1H3,(H,21,25). The number of carbonyl (C=O) groups is 2. The highest BCUT2D eigenvalue weighted by atomic mass is 16.2. The van der Waals surface area contributed by atoms with E-state index in [0.717, 1.165) is 44.0 Å². The molecule has 25 heavy (non-hydrogen) atoms. The highest BCUT2D eigenvalue weighted by Gasteiger charge is 2.18. The smallest absolute Gasteiger partial charge is 0.255 e. The number of amides is 2. The molecule has 5 heteroatoms. The Kier molecular flexibility index (Phi) is 5.46. The van der Waals surface area contributed by atoms with Crippen molar-refractivity contribution in [3.05, 3.63) is 65.7 Å². The summed E-state index contributed by atoms with van der Waals surface area (Å²) in [6, 6.07) is 17.2. The van der Waals surface area contributed by atoms with E-state index in [1.165, 1.54) is 0 Å². The van der Waals surface area contributed by atoms with Gasteiger partial charge in [-0.05, 0) is 29.8 Å². The van der Waals surface area contributed by atoms with Crippen molar-refractivity contribution in [2.75, 3.05) is 31.5 Å². The lowest BCUT2D eigenvalue weighted by Crippen LogP contribution is -2.47. The van der Waals surface area contributed by atoms with Crippen molar-refractivity contribution < 1.29 is 9.59 Å². The first-order valence-corrected chi connectivity index (χ1v) is 8.55. The Labute approximate surface area is 148 Å². The van der Waals surface area contributed by atoms with Gasteiger partial charge in [0.1, 0.15) is 0 Å². The van der Waals surface area contributed by atoms with Crippen molar-refractivity contribution in [2.24, 2.45) is 0 Å². The molecule has 0 aliphatic carbocycles. The van der Waals surface area contributed by atoms with Crippen LogP contribution in [0.2, 0.25) is 0 Å². The molecule has 1 saturated heterocycles. The van der Waals surface area contributed by atoms with E-state index >= 15 is 0 Å². The second kappa shape index (κ2) is 7.94. The van der Waals surface area contributed by atoms with Crippen LogP contribution in [-0.2, 0) is 11.3 Å². The molecule has 2 amide bonds. The van der Waals surface area contributed by atoms with Crippen LogP contribution in [0.4, 0.5) is 5.69 Å². The van der Waals surface area contributed by atoms with Crippen LogP contribution >= 0.6 is 0 Å². The van der Waals surface area contributed by atoms with E-state index in [2.05, 4.69) is 10.2 Å². The fraction of sp³-hybridized carbons (Fsp3) is 0.300. The summed E-state index contributed by atoms with van der Waals surface area (Å²) in [7, 11) is 0. The van der Waals surface area contributed by atoms with E-state index in [0.29, 0.717) is 5.56 Å². The van der Waals surface area contributed by atoms with E-state index in [-0.39, 0.29) is 11.8 Å². The molecule has 0 unspecified atom stereocenters. The summed E-state index contributed by atoms with van der Waals surface area (Å²) in [5.74, 6) is 0.0358. The van der Waals surface area contributed by atoms with Crippen LogP contribution in [0.15, 0.2) is 54.6 Å². The van der Waals surface area contributed by atoms with Crippen LogP contribution in [-0.4, -0.2) is 47.8 Å². The number of hydrogen-bond donors (Lipinski definition) is 1. The Bertz CT molecular complexity index is 738. The molecule has 3 rings (SSSR count). The average molecular weight is 337 g/mol. The molecule has 1 aliphatic rings. The topological polar surface area (TPSA) is 52.7 Å². The third kappa shape index (κ3) is 4.67. The number of para-hydroxylation sites is 1. The van der Waals surface area contributed by atoms with E-state index < -0.39 is 0 Å². The number of hydrogen-bond acceptors (Lipinski definition) is 3. The molecule has 130 valence electrons. The number of benzene rings is 2. The van der Waals surface area contributed by atoms with Crippen LogP contribution in [0.5, 0.6) is 0 Å². The van der Waals surface area contributed by atoms with E-state index in [4.69, 9.17) is 0 Å². The summed E-state index contributed by atoms with van der Waals surface area (Å²) in [5.41, 5.74) is 2.55. The van der Waals surface area contributed by atoms with Gasteiger partial charge in [-0.1, -0.05) is 30.3 Å². The largest absolute Gasteiger partial charge is 0.340 e. The predicted molar refractivity (Wildman–Crippen MR) is 98.4 cm³/mol. The summed E-state index contributed by atoms with van der Waals surface area (Å²) >= 11 is 0. The maximum atomic E-state index is 12.4. The van der Waals surface area contributed by atoms with Gasteiger partial charge in [0.05, 0.1) is 0 Å². The van der Waals surface area contributed by atoms with Gasteiger partial charge >= 0.3 is 0 Å². The number of anilines is 1. The molecule has 2 aromatic rings. The SMILES string of the molecule is CC(=O)N1CCN(Cc2cccc(C(=O)Nc3ccccc3)c2)CC1.